The van der Waals surface area contributed by atoms with Gasteiger partial charge in [0.2, 0.25) is 5.91 Å². The van der Waals surface area contributed by atoms with E-state index in [1.807, 2.05) is 24.3 Å². The average molecular weight is 248 g/mol. The fourth-order valence-electron chi connectivity index (χ4n) is 1.95. The zero-order valence-electron chi connectivity index (χ0n) is 10.2. The van der Waals surface area contributed by atoms with Crippen LogP contribution in [0, 0.1) is 0 Å². The molecule has 1 aliphatic rings. The first-order valence-electron chi connectivity index (χ1n) is 5.98. The van der Waals surface area contributed by atoms with Gasteiger partial charge in [-0.1, -0.05) is 18.2 Å². The minimum atomic E-state index is -0.415. The van der Waals surface area contributed by atoms with E-state index in [1.165, 1.54) is 0 Å². The molecule has 0 aromatic heterocycles. The van der Waals surface area contributed by atoms with Crippen LogP contribution in [0.1, 0.15) is 12.5 Å². The van der Waals surface area contributed by atoms with E-state index in [1.54, 1.807) is 6.92 Å². The van der Waals surface area contributed by atoms with Gasteiger partial charge in [-0.15, -0.1) is 0 Å². The number of hydrogen-bond acceptors (Lipinski definition) is 4. The molecule has 1 amide bonds. The fourth-order valence-corrected chi connectivity index (χ4v) is 1.95. The molecule has 0 bridgehead atoms. The lowest BCUT2D eigenvalue weighted by Gasteiger charge is -2.11. The molecule has 1 aliphatic heterocycles. The first-order valence-corrected chi connectivity index (χ1v) is 5.98. The van der Waals surface area contributed by atoms with E-state index < -0.39 is 5.97 Å². The molecular formula is C13H16N2O3. The molecule has 2 N–H and O–H groups in total. The Bertz CT molecular complexity index is 434. The summed E-state index contributed by atoms with van der Waals surface area (Å²) < 4.78 is 4.74. The molecule has 1 aromatic rings. The minimum absolute atomic E-state index is 0.0821. The summed E-state index contributed by atoms with van der Waals surface area (Å²) in [4.78, 5) is 23.0. The molecule has 2 rings (SSSR count). The van der Waals surface area contributed by atoms with Gasteiger partial charge >= 0.3 is 5.97 Å². The summed E-state index contributed by atoms with van der Waals surface area (Å²) in [6.45, 7) is 1.97. The van der Waals surface area contributed by atoms with Gasteiger partial charge in [-0.2, -0.15) is 0 Å². The molecule has 0 radical (unpaired) electrons. The van der Waals surface area contributed by atoms with E-state index in [0.29, 0.717) is 13.0 Å². The Hall–Kier alpha value is -2.04. The Labute approximate surface area is 106 Å². The van der Waals surface area contributed by atoms with Crippen molar-refractivity contribution in [2.24, 2.45) is 0 Å². The number of amides is 1. The third-order valence-corrected chi connectivity index (χ3v) is 2.80. The van der Waals surface area contributed by atoms with E-state index in [4.69, 9.17) is 4.74 Å². The van der Waals surface area contributed by atoms with Gasteiger partial charge in [-0.25, -0.2) is 0 Å². The second-order valence-electron chi connectivity index (χ2n) is 4.08. The van der Waals surface area contributed by atoms with Crippen molar-refractivity contribution in [3.8, 4) is 0 Å². The maximum atomic E-state index is 11.8. The van der Waals surface area contributed by atoms with Gasteiger partial charge in [-0.05, 0) is 18.6 Å². The Balaban J connectivity index is 1.84. The number of ether oxygens (including phenoxy) is 1. The number of para-hydroxylation sites is 1. The summed E-state index contributed by atoms with van der Waals surface area (Å²) in [5.41, 5.74) is 2.10. The van der Waals surface area contributed by atoms with Crippen molar-refractivity contribution >= 4 is 17.6 Å². The van der Waals surface area contributed by atoms with Crippen molar-refractivity contribution in [1.29, 1.82) is 0 Å². The molecule has 0 unspecified atom stereocenters. The number of nitrogens with one attached hydrogen (secondary N) is 2. The van der Waals surface area contributed by atoms with Crippen molar-refractivity contribution in [3.05, 3.63) is 29.8 Å². The van der Waals surface area contributed by atoms with Crippen LogP contribution in [0.4, 0.5) is 5.69 Å². The second kappa shape index (κ2) is 5.53. The van der Waals surface area contributed by atoms with Crippen LogP contribution in [0.3, 0.4) is 0 Å². The highest BCUT2D eigenvalue weighted by atomic mass is 16.5. The number of hydrogen-bond donors (Lipinski definition) is 2. The smallest absolute Gasteiger partial charge is 0.325 e. The summed E-state index contributed by atoms with van der Waals surface area (Å²) in [5, 5.41) is 5.69. The van der Waals surface area contributed by atoms with Crippen LogP contribution in [0.2, 0.25) is 0 Å². The number of carbonyl (C=O) groups is 2. The van der Waals surface area contributed by atoms with Crippen molar-refractivity contribution in [1.82, 2.24) is 5.32 Å². The number of anilines is 1. The van der Waals surface area contributed by atoms with E-state index in [9.17, 15) is 9.59 Å². The lowest BCUT2D eigenvalue weighted by molar-refractivity contribution is -0.143. The molecule has 0 aliphatic carbocycles. The molecule has 1 atom stereocenters. The van der Waals surface area contributed by atoms with Gasteiger partial charge in [0.15, 0.2) is 0 Å². The zero-order valence-corrected chi connectivity index (χ0v) is 10.2. The molecule has 1 aromatic carbocycles. The fraction of sp³-hybridized carbons (Fsp3) is 0.385. The standard InChI is InChI=1S/C13H16N2O3/c1-2-18-12(16)8-14-13(17)11-7-9-5-3-4-6-10(9)15-11/h3-6,11,15H,2,7-8H2,1H3,(H,14,17)/t11-/m0/s1. The van der Waals surface area contributed by atoms with E-state index in [0.717, 1.165) is 11.3 Å². The topological polar surface area (TPSA) is 67.4 Å². The van der Waals surface area contributed by atoms with E-state index in [-0.39, 0.29) is 18.5 Å². The Kier molecular flexibility index (Phi) is 3.82. The number of benzene rings is 1. The van der Waals surface area contributed by atoms with Crippen LogP contribution in [0.25, 0.3) is 0 Å². The highest BCUT2D eigenvalue weighted by Gasteiger charge is 2.26. The maximum absolute atomic E-state index is 11.8. The van der Waals surface area contributed by atoms with Gasteiger partial charge in [0.25, 0.3) is 0 Å². The predicted octanol–water partition coefficient (Wildman–Crippen LogP) is 0.702. The number of esters is 1. The van der Waals surface area contributed by atoms with Gasteiger partial charge < -0.3 is 15.4 Å². The molecule has 5 nitrogen and oxygen atoms in total. The van der Waals surface area contributed by atoms with Gasteiger partial charge in [-0.3, -0.25) is 9.59 Å². The zero-order chi connectivity index (χ0) is 13.0. The summed E-state index contributed by atoms with van der Waals surface area (Å²) >= 11 is 0. The lowest BCUT2D eigenvalue weighted by Crippen LogP contribution is -2.41. The van der Waals surface area contributed by atoms with Gasteiger partial charge in [0.1, 0.15) is 12.6 Å². The average Bonchev–Trinajstić information content (AvgIpc) is 2.80. The van der Waals surface area contributed by atoms with Crippen molar-refractivity contribution in [2.75, 3.05) is 18.5 Å². The number of rotatable bonds is 4. The van der Waals surface area contributed by atoms with Crippen LogP contribution < -0.4 is 10.6 Å². The molecule has 1 heterocycles. The van der Waals surface area contributed by atoms with Crippen LogP contribution in [0.5, 0.6) is 0 Å². The monoisotopic (exact) mass is 248 g/mol. The van der Waals surface area contributed by atoms with Gasteiger partial charge in [0.05, 0.1) is 6.61 Å². The molecule has 18 heavy (non-hydrogen) atoms. The van der Waals surface area contributed by atoms with Crippen molar-refractivity contribution in [2.45, 2.75) is 19.4 Å². The molecule has 5 heteroatoms. The normalized spacial score (nSPS) is 16.6. The third kappa shape index (κ3) is 2.80. The molecule has 0 spiro atoms. The Morgan fingerprint density at radius 1 is 1.44 bits per heavy atom. The Morgan fingerprint density at radius 3 is 2.94 bits per heavy atom. The quantitative estimate of drug-likeness (QED) is 0.770. The molecular weight excluding hydrogens is 232 g/mol. The SMILES string of the molecule is CCOC(=O)CNC(=O)[C@@H]1Cc2ccccc2N1. The first-order chi connectivity index (χ1) is 8.70. The largest absolute Gasteiger partial charge is 0.465 e. The highest BCUT2D eigenvalue weighted by Crippen LogP contribution is 2.24. The van der Waals surface area contributed by atoms with Crippen LogP contribution in [0.15, 0.2) is 24.3 Å². The molecule has 96 valence electrons. The number of fused-ring (bicyclic) bond motifs is 1. The molecule has 0 saturated carbocycles. The lowest BCUT2D eigenvalue weighted by atomic mass is 10.1. The van der Waals surface area contributed by atoms with Crippen molar-refractivity contribution < 1.29 is 14.3 Å². The minimum Gasteiger partial charge on any atom is -0.465 e. The Morgan fingerprint density at radius 2 is 2.22 bits per heavy atom. The van der Waals surface area contributed by atoms with Gasteiger partial charge in [0, 0.05) is 12.1 Å². The second-order valence-corrected chi connectivity index (χ2v) is 4.08. The molecule has 0 saturated heterocycles. The predicted molar refractivity (Wildman–Crippen MR) is 67.2 cm³/mol. The van der Waals surface area contributed by atoms with Crippen LogP contribution in [-0.4, -0.2) is 31.1 Å². The summed E-state index contributed by atoms with van der Waals surface area (Å²) in [5.74, 6) is -0.597. The summed E-state index contributed by atoms with van der Waals surface area (Å²) in [7, 11) is 0. The van der Waals surface area contributed by atoms with E-state index in [2.05, 4.69) is 10.6 Å². The van der Waals surface area contributed by atoms with Crippen molar-refractivity contribution in [3.63, 3.8) is 0 Å². The number of carbonyl (C=O) groups excluding carboxylic acids is 2. The first kappa shape index (κ1) is 12.4. The van der Waals surface area contributed by atoms with Crippen LogP contribution in [-0.2, 0) is 20.7 Å². The maximum Gasteiger partial charge on any atom is 0.325 e. The highest BCUT2D eigenvalue weighted by molar-refractivity contribution is 5.89. The molecule has 0 fully saturated rings. The van der Waals surface area contributed by atoms with Crippen LogP contribution >= 0.6 is 0 Å². The third-order valence-electron chi connectivity index (χ3n) is 2.80. The van der Waals surface area contributed by atoms with E-state index >= 15 is 0 Å². The summed E-state index contributed by atoms with van der Waals surface area (Å²) in [6, 6.07) is 7.48. The summed E-state index contributed by atoms with van der Waals surface area (Å²) in [6.07, 6.45) is 0.644.